The van der Waals surface area contributed by atoms with Crippen LogP contribution in [0.25, 0.3) is 0 Å². The molecule has 0 saturated carbocycles. The normalized spacial score (nSPS) is 12.2. The lowest BCUT2D eigenvalue weighted by Gasteiger charge is -2.20. The number of nitrogens with one attached hydrogen (secondary N) is 1. The molecule has 1 heterocycles. The van der Waals surface area contributed by atoms with Crippen molar-refractivity contribution < 1.29 is 18.3 Å². The molecular weight excluding hydrogens is 352 g/mol. The highest BCUT2D eigenvalue weighted by Crippen LogP contribution is 2.30. The zero-order chi connectivity index (χ0) is 19.2. The minimum atomic E-state index is -2.91. The van der Waals surface area contributed by atoms with E-state index in [-0.39, 0.29) is 17.5 Å². The summed E-state index contributed by atoms with van der Waals surface area (Å²) in [5, 5.41) is 3.45. The second-order valence-corrected chi connectivity index (χ2v) is 5.98. The summed E-state index contributed by atoms with van der Waals surface area (Å²) >= 11 is 0. The van der Waals surface area contributed by atoms with Crippen molar-refractivity contribution in [2.24, 2.45) is 7.05 Å². The Balaban J connectivity index is 1.83. The van der Waals surface area contributed by atoms with Gasteiger partial charge in [-0.3, -0.25) is 5.32 Å². The van der Waals surface area contributed by atoms with Gasteiger partial charge in [-0.05, 0) is 23.3 Å². The standard InChI is InChI=1S/C20H21F2N3O2/c1-25-11-10-23-19(25)18(15-6-4-3-5-7-15)24-13-14-8-9-16(26-2)17(12-14)27-20(21)22/h3-12,18,20,24H,13H2,1-2H3. The van der Waals surface area contributed by atoms with E-state index in [1.807, 2.05) is 54.2 Å². The van der Waals surface area contributed by atoms with Gasteiger partial charge in [-0.1, -0.05) is 36.4 Å². The van der Waals surface area contributed by atoms with E-state index in [4.69, 9.17) is 4.74 Å². The summed E-state index contributed by atoms with van der Waals surface area (Å²) in [4.78, 5) is 4.45. The molecule has 5 nitrogen and oxygen atoms in total. The zero-order valence-corrected chi connectivity index (χ0v) is 15.1. The molecule has 7 heteroatoms. The number of aromatic nitrogens is 2. The zero-order valence-electron chi connectivity index (χ0n) is 15.1. The number of ether oxygens (including phenoxy) is 2. The van der Waals surface area contributed by atoms with Crippen LogP contribution in [0.15, 0.2) is 60.9 Å². The van der Waals surface area contributed by atoms with Gasteiger partial charge >= 0.3 is 6.61 Å². The minimum absolute atomic E-state index is 0.0139. The Morgan fingerprint density at radius 1 is 1.11 bits per heavy atom. The van der Waals surface area contributed by atoms with E-state index in [1.54, 1.807) is 18.3 Å². The van der Waals surface area contributed by atoms with Gasteiger partial charge in [0.15, 0.2) is 11.5 Å². The number of hydrogen-bond acceptors (Lipinski definition) is 4. The maximum atomic E-state index is 12.6. The first kappa shape index (κ1) is 18.8. The molecule has 0 radical (unpaired) electrons. The van der Waals surface area contributed by atoms with Gasteiger partial charge in [0, 0.05) is 26.0 Å². The number of benzene rings is 2. The third-order valence-electron chi connectivity index (χ3n) is 4.20. The molecule has 0 aliphatic carbocycles. The van der Waals surface area contributed by atoms with Crippen molar-refractivity contribution in [3.8, 4) is 11.5 Å². The van der Waals surface area contributed by atoms with E-state index >= 15 is 0 Å². The van der Waals surface area contributed by atoms with Crippen molar-refractivity contribution in [1.82, 2.24) is 14.9 Å². The smallest absolute Gasteiger partial charge is 0.387 e. The fraction of sp³-hybridized carbons (Fsp3) is 0.250. The highest BCUT2D eigenvalue weighted by Gasteiger charge is 2.18. The lowest BCUT2D eigenvalue weighted by molar-refractivity contribution is -0.0512. The summed E-state index contributed by atoms with van der Waals surface area (Å²) in [6.07, 6.45) is 3.63. The third-order valence-corrected chi connectivity index (χ3v) is 4.20. The minimum Gasteiger partial charge on any atom is -0.493 e. The molecule has 0 spiro atoms. The average molecular weight is 373 g/mol. The maximum absolute atomic E-state index is 12.6. The molecule has 0 amide bonds. The number of rotatable bonds is 8. The summed E-state index contributed by atoms with van der Waals surface area (Å²) in [7, 11) is 3.35. The van der Waals surface area contributed by atoms with Crippen molar-refractivity contribution in [3.63, 3.8) is 0 Å². The Morgan fingerprint density at radius 3 is 2.52 bits per heavy atom. The summed E-state index contributed by atoms with van der Waals surface area (Å²) in [6, 6.07) is 14.8. The van der Waals surface area contributed by atoms with Crippen LogP contribution in [0.5, 0.6) is 11.5 Å². The largest absolute Gasteiger partial charge is 0.493 e. The van der Waals surface area contributed by atoms with Crippen LogP contribution < -0.4 is 14.8 Å². The molecule has 1 atom stereocenters. The van der Waals surface area contributed by atoms with Gasteiger partial charge in [0.2, 0.25) is 0 Å². The van der Waals surface area contributed by atoms with Gasteiger partial charge in [-0.15, -0.1) is 0 Å². The summed E-state index contributed by atoms with van der Waals surface area (Å²) < 4.78 is 36.8. The predicted octanol–water partition coefficient (Wildman–Crippen LogP) is 3.91. The Kier molecular flexibility index (Phi) is 6.03. The second-order valence-electron chi connectivity index (χ2n) is 5.98. The lowest BCUT2D eigenvalue weighted by Crippen LogP contribution is -2.24. The Morgan fingerprint density at radius 2 is 1.89 bits per heavy atom. The van der Waals surface area contributed by atoms with Gasteiger partial charge < -0.3 is 14.0 Å². The van der Waals surface area contributed by atoms with Gasteiger partial charge in [0.25, 0.3) is 0 Å². The van der Waals surface area contributed by atoms with Crippen LogP contribution in [0.4, 0.5) is 8.78 Å². The Bertz CT molecular complexity index is 869. The summed E-state index contributed by atoms with van der Waals surface area (Å²) in [5.41, 5.74) is 1.85. The van der Waals surface area contributed by atoms with Crippen LogP contribution in [0.2, 0.25) is 0 Å². The molecule has 3 aromatic rings. The fourth-order valence-corrected chi connectivity index (χ4v) is 2.90. The van der Waals surface area contributed by atoms with Crippen molar-refractivity contribution in [2.45, 2.75) is 19.2 Å². The molecule has 1 N–H and O–H groups in total. The molecule has 0 aliphatic rings. The molecule has 0 saturated heterocycles. The molecule has 3 rings (SSSR count). The molecule has 1 aromatic heterocycles. The van der Waals surface area contributed by atoms with Crippen molar-refractivity contribution in [2.75, 3.05) is 7.11 Å². The molecule has 142 valence electrons. The molecule has 0 bridgehead atoms. The van der Waals surface area contributed by atoms with E-state index in [2.05, 4.69) is 15.0 Å². The summed E-state index contributed by atoms with van der Waals surface area (Å²) in [5.74, 6) is 1.14. The molecule has 0 fully saturated rings. The van der Waals surface area contributed by atoms with Gasteiger partial charge in [-0.25, -0.2) is 4.98 Å². The van der Waals surface area contributed by atoms with Crippen LogP contribution >= 0.6 is 0 Å². The van der Waals surface area contributed by atoms with E-state index < -0.39 is 6.61 Å². The van der Waals surface area contributed by atoms with Crippen molar-refractivity contribution >= 4 is 0 Å². The lowest BCUT2D eigenvalue weighted by atomic mass is 10.1. The first-order valence-corrected chi connectivity index (χ1v) is 8.45. The number of methoxy groups -OCH3 is 1. The van der Waals surface area contributed by atoms with Crippen LogP contribution in [-0.4, -0.2) is 23.3 Å². The number of nitrogens with zero attached hydrogens (tertiary/aromatic N) is 2. The third kappa shape index (κ3) is 4.62. The first-order valence-electron chi connectivity index (χ1n) is 8.45. The fourth-order valence-electron chi connectivity index (χ4n) is 2.90. The Hall–Kier alpha value is -2.93. The van der Waals surface area contributed by atoms with Crippen molar-refractivity contribution in [3.05, 3.63) is 77.9 Å². The molecule has 27 heavy (non-hydrogen) atoms. The van der Waals surface area contributed by atoms with Gasteiger partial charge in [-0.2, -0.15) is 8.78 Å². The van der Waals surface area contributed by atoms with E-state index in [9.17, 15) is 8.78 Å². The topological polar surface area (TPSA) is 48.3 Å². The quantitative estimate of drug-likeness (QED) is 0.650. The van der Waals surface area contributed by atoms with Gasteiger partial charge in [0.1, 0.15) is 5.82 Å². The predicted molar refractivity (Wildman–Crippen MR) is 98.0 cm³/mol. The monoisotopic (exact) mass is 373 g/mol. The molecule has 2 aromatic carbocycles. The molecule has 0 aliphatic heterocycles. The maximum Gasteiger partial charge on any atom is 0.387 e. The molecular formula is C20H21F2N3O2. The van der Waals surface area contributed by atoms with E-state index in [1.165, 1.54) is 7.11 Å². The number of aryl methyl sites for hydroxylation is 1. The molecule has 1 unspecified atom stereocenters. The number of halogens is 2. The first-order chi connectivity index (χ1) is 13.1. The van der Waals surface area contributed by atoms with Crippen LogP contribution in [0, 0.1) is 0 Å². The van der Waals surface area contributed by atoms with Gasteiger partial charge in [0.05, 0.1) is 13.2 Å². The number of imidazole rings is 1. The average Bonchev–Trinajstić information content (AvgIpc) is 3.08. The Labute approximate surface area is 156 Å². The van der Waals surface area contributed by atoms with Crippen LogP contribution in [0.1, 0.15) is 23.0 Å². The number of hydrogen-bond donors (Lipinski definition) is 1. The van der Waals surface area contributed by atoms with Crippen molar-refractivity contribution in [1.29, 1.82) is 0 Å². The highest BCUT2D eigenvalue weighted by atomic mass is 19.3. The van der Waals surface area contributed by atoms with E-state index in [0.717, 1.165) is 17.0 Å². The van der Waals surface area contributed by atoms with E-state index in [0.29, 0.717) is 6.54 Å². The SMILES string of the molecule is COc1ccc(CNC(c2ccccc2)c2nccn2C)cc1OC(F)F. The number of alkyl halides is 2. The summed E-state index contributed by atoms with van der Waals surface area (Å²) in [6.45, 7) is -2.47. The van der Waals surface area contributed by atoms with Crippen LogP contribution in [0.3, 0.4) is 0 Å². The van der Waals surface area contributed by atoms with Crippen LogP contribution in [-0.2, 0) is 13.6 Å². The highest BCUT2D eigenvalue weighted by molar-refractivity contribution is 5.43. The second kappa shape index (κ2) is 8.64.